The Morgan fingerprint density at radius 1 is 0.903 bits per heavy atom. The van der Waals surface area contributed by atoms with Crippen LogP contribution in [0.2, 0.25) is 5.02 Å². The number of hydrogen-bond donors (Lipinski definition) is 1. The Kier molecular flexibility index (Phi) is 5.65. The Labute approximate surface area is 186 Å². The summed E-state index contributed by atoms with van der Waals surface area (Å²) in [6.45, 7) is 1.98. The summed E-state index contributed by atoms with van der Waals surface area (Å²) in [6.07, 6.45) is 0. The molecule has 0 bridgehead atoms. The van der Waals surface area contributed by atoms with Gasteiger partial charge in [0, 0.05) is 23.7 Å². The topological polar surface area (TPSA) is 57.5 Å². The van der Waals surface area contributed by atoms with Crippen LogP contribution in [0.5, 0.6) is 17.2 Å². The lowest BCUT2D eigenvalue weighted by atomic mass is 10.0. The molecule has 4 aromatic rings. The van der Waals surface area contributed by atoms with Crippen molar-refractivity contribution in [1.29, 1.82) is 0 Å². The number of aromatic nitrogens is 2. The number of nitrogens with one attached hydrogen (secondary N) is 1. The molecule has 0 fully saturated rings. The number of fused-ring (bicyclic) bond motifs is 1. The van der Waals surface area contributed by atoms with Crippen molar-refractivity contribution in [2.45, 2.75) is 6.92 Å². The van der Waals surface area contributed by atoms with Crippen molar-refractivity contribution in [1.82, 2.24) is 9.55 Å². The van der Waals surface area contributed by atoms with E-state index in [4.69, 9.17) is 30.8 Å². The molecule has 6 nitrogen and oxygen atoms in total. The molecule has 1 N–H and O–H groups in total. The van der Waals surface area contributed by atoms with E-state index in [0.29, 0.717) is 16.7 Å². The standard InChI is InChI=1S/C24H24ClN3O3/c1-14-12-15(25)13-20(31-5)22(14)27-24-26-17-9-6-8-16(23(17)28(24)2)21-18(29-3)10-7-11-19(21)30-4/h6-13H,1-5H3,(H,26,27). The predicted octanol–water partition coefficient (Wildman–Crippen LogP) is 5.97. The van der Waals surface area contributed by atoms with Gasteiger partial charge in [0.2, 0.25) is 5.95 Å². The zero-order chi connectivity index (χ0) is 22.1. The Hall–Kier alpha value is -3.38. The van der Waals surface area contributed by atoms with Gasteiger partial charge in [-0.25, -0.2) is 4.98 Å². The van der Waals surface area contributed by atoms with Crippen LogP contribution in [0.4, 0.5) is 11.6 Å². The molecule has 1 heterocycles. The van der Waals surface area contributed by atoms with Crippen molar-refractivity contribution in [2.24, 2.45) is 7.05 Å². The monoisotopic (exact) mass is 437 g/mol. The number of aryl methyl sites for hydroxylation is 2. The molecule has 0 aliphatic heterocycles. The van der Waals surface area contributed by atoms with Gasteiger partial charge >= 0.3 is 0 Å². The summed E-state index contributed by atoms with van der Waals surface area (Å²) < 4.78 is 18.8. The van der Waals surface area contributed by atoms with Crippen molar-refractivity contribution < 1.29 is 14.2 Å². The summed E-state index contributed by atoms with van der Waals surface area (Å²) in [7, 11) is 6.91. The number of anilines is 2. The number of hydrogen-bond acceptors (Lipinski definition) is 5. The van der Waals surface area contributed by atoms with E-state index in [1.54, 1.807) is 27.4 Å². The second kappa shape index (κ2) is 8.40. The summed E-state index contributed by atoms with van der Waals surface area (Å²) in [5.74, 6) is 2.80. The van der Waals surface area contributed by atoms with Crippen molar-refractivity contribution in [2.75, 3.05) is 26.6 Å². The fraction of sp³-hybridized carbons (Fsp3) is 0.208. The van der Waals surface area contributed by atoms with Crippen LogP contribution in [0.3, 0.4) is 0 Å². The summed E-state index contributed by atoms with van der Waals surface area (Å²) in [5, 5.41) is 4.04. The van der Waals surface area contributed by atoms with Gasteiger partial charge in [-0.15, -0.1) is 0 Å². The first-order valence-electron chi connectivity index (χ1n) is 9.76. The zero-order valence-electron chi connectivity index (χ0n) is 18.1. The molecule has 0 radical (unpaired) electrons. The van der Waals surface area contributed by atoms with Crippen LogP contribution < -0.4 is 19.5 Å². The first-order chi connectivity index (χ1) is 15.0. The summed E-state index contributed by atoms with van der Waals surface area (Å²) in [5.41, 5.74) is 5.44. The Bertz CT molecular complexity index is 1240. The molecule has 0 saturated heterocycles. The Balaban J connectivity index is 1.91. The van der Waals surface area contributed by atoms with Crippen LogP contribution in [0, 0.1) is 6.92 Å². The molecular formula is C24H24ClN3O3. The number of imidazole rings is 1. The molecule has 0 saturated carbocycles. The number of ether oxygens (including phenoxy) is 3. The molecule has 0 unspecified atom stereocenters. The maximum absolute atomic E-state index is 6.19. The number of para-hydroxylation sites is 1. The molecule has 0 amide bonds. The van der Waals surface area contributed by atoms with E-state index in [-0.39, 0.29) is 0 Å². The smallest absolute Gasteiger partial charge is 0.208 e. The number of methoxy groups -OCH3 is 3. The predicted molar refractivity (Wildman–Crippen MR) is 125 cm³/mol. The van der Waals surface area contributed by atoms with Gasteiger partial charge in [-0.1, -0.05) is 29.8 Å². The van der Waals surface area contributed by atoms with Crippen LogP contribution in [0.25, 0.3) is 22.2 Å². The van der Waals surface area contributed by atoms with E-state index in [1.807, 2.05) is 61.0 Å². The molecule has 0 atom stereocenters. The lowest BCUT2D eigenvalue weighted by Crippen LogP contribution is -2.03. The first kappa shape index (κ1) is 20.9. The van der Waals surface area contributed by atoms with Gasteiger partial charge in [0.05, 0.1) is 43.6 Å². The average Bonchev–Trinajstić information content (AvgIpc) is 3.10. The van der Waals surface area contributed by atoms with Crippen molar-refractivity contribution in [3.63, 3.8) is 0 Å². The number of benzene rings is 3. The molecule has 7 heteroatoms. The van der Waals surface area contributed by atoms with Crippen LogP contribution in [0.15, 0.2) is 48.5 Å². The lowest BCUT2D eigenvalue weighted by Gasteiger charge is -2.16. The fourth-order valence-corrected chi connectivity index (χ4v) is 4.11. The summed E-state index contributed by atoms with van der Waals surface area (Å²) in [6, 6.07) is 15.4. The molecule has 3 aromatic carbocycles. The lowest BCUT2D eigenvalue weighted by molar-refractivity contribution is 0.397. The zero-order valence-corrected chi connectivity index (χ0v) is 18.9. The van der Waals surface area contributed by atoms with Gasteiger partial charge in [0.25, 0.3) is 0 Å². The van der Waals surface area contributed by atoms with E-state index in [2.05, 4.69) is 5.32 Å². The van der Waals surface area contributed by atoms with Gasteiger partial charge in [-0.05, 0) is 36.8 Å². The molecule has 31 heavy (non-hydrogen) atoms. The SMILES string of the molecule is COc1cc(Cl)cc(C)c1Nc1nc2cccc(-c3c(OC)cccc3OC)c2n1C. The van der Waals surface area contributed by atoms with Gasteiger partial charge in [0.1, 0.15) is 17.2 Å². The molecular weight excluding hydrogens is 414 g/mol. The Morgan fingerprint density at radius 2 is 1.55 bits per heavy atom. The van der Waals surface area contributed by atoms with Crippen molar-refractivity contribution in [3.8, 4) is 28.4 Å². The minimum Gasteiger partial charge on any atom is -0.496 e. The van der Waals surface area contributed by atoms with E-state index < -0.39 is 0 Å². The minimum absolute atomic E-state index is 0.621. The largest absolute Gasteiger partial charge is 0.496 e. The third kappa shape index (κ3) is 3.64. The van der Waals surface area contributed by atoms with Crippen LogP contribution in [0.1, 0.15) is 5.56 Å². The maximum atomic E-state index is 6.19. The first-order valence-corrected chi connectivity index (χ1v) is 10.1. The number of nitrogens with zero attached hydrogens (tertiary/aromatic N) is 2. The van der Waals surface area contributed by atoms with Crippen LogP contribution in [-0.2, 0) is 7.05 Å². The van der Waals surface area contributed by atoms with Crippen molar-refractivity contribution >= 4 is 34.3 Å². The van der Waals surface area contributed by atoms with E-state index in [0.717, 1.165) is 44.9 Å². The highest BCUT2D eigenvalue weighted by atomic mass is 35.5. The van der Waals surface area contributed by atoms with E-state index in [1.165, 1.54) is 0 Å². The second-order valence-corrected chi connectivity index (χ2v) is 7.57. The molecule has 0 spiro atoms. The third-order valence-corrected chi connectivity index (χ3v) is 5.53. The number of rotatable bonds is 6. The molecule has 1 aromatic heterocycles. The van der Waals surface area contributed by atoms with E-state index in [9.17, 15) is 0 Å². The second-order valence-electron chi connectivity index (χ2n) is 7.13. The highest BCUT2D eigenvalue weighted by Gasteiger charge is 2.20. The number of halogens is 1. The highest BCUT2D eigenvalue weighted by molar-refractivity contribution is 6.31. The highest BCUT2D eigenvalue weighted by Crippen LogP contribution is 2.42. The van der Waals surface area contributed by atoms with E-state index >= 15 is 0 Å². The maximum Gasteiger partial charge on any atom is 0.208 e. The average molecular weight is 438 g/mol. The third-order valence-electron chi connectivity index (χ3n) is 5.31. The summed E-state index contributed by atoms with van der Waals surface area (Å²) in [4.78, 5) is 4.83. The normalized spacial score (nSPS) is 10.9. The molecule has 0 aliphatic rings. The van der Waals surface area contributed by atoms with Gasteiger partial charge in [0.15, 0.2) is 0 Å². The van der Waals surface area contributed by atoms with Gasteiger partial charge in [-0.3, -0.25) is 0 Å². The Morgan fingerprint density at radius 3 is 2.19 bits per heavy atom. The molecule has 160 valence electrons. The van der Waals surface area contributed by atoms with Crippen molar-refractivity contribution in [3.05, 3.63) is 59.1 Å². The van der Waals surface area contributed by atoms with Crippen LogP contribution in [-0.4, -0.2) is 30.9 Å². The van der Waals surface area contributed by atoms with Crippen LogP contribution >= 0.6 is 11.6 Å². The molecule has 4 rings (SSSR count). The molecule has 0 aliphatic carbocycles. The van der Waals surface area contributed by atoms with Gasteiger partial charge < -0.3 is 24.1 Å². The van der Waals surface area contributed by atoms with Gasteiger partial charge in [-0.2, -0.15) is 0 Å². The fourth-order valence-electron chi connectivity index (χ4n) is 3.84. The quantitative estimate of drug-likeness (QED) is 0.402. The minimum atomic E-state index is 0.621. The summed E-state index contributed by atoms with van der Waals surface area (Å²) >= 11 is 6.19.